The molecule has 11 heavy (non-hydrogen) atoms. The quantitative estimate of drug-likeness (QED) is 0.651. The van der Waals surface area contributed by atoms with Crippen molar-refractivity contribution in [2.24, 2.45) is 5.73 Å². The highest BCUT2D eigenvalue weighted by molar-refractivity contribution is 5.80. The van der Waals surface area contributed by atoms with Crippen LogP contribution in [0.5, 0.6) is 0 Å². The molecular formula is C8H18N2O. The molecule has 0 aliphatic heterocycles. The van der Waals surface area contributed by atoms with E-state index in [0.717, 1.165) is 19.3 Å². The molecule has 0 aromatic heterocycles. The summed E-state index contributed by atoms with van der Waals surface area (Å²) in [5.74, 6) is 0.0263. The van der Waals surface area contributed by atoms with E-state index in [9.17, 15) is 4.79 Å². The molecule has 0 saturated heterocycles. The fraction of sp³-hybridized carbons (Fsp3) is 0.875. The van der Waals surface area contributed by atoms with Crippen LogP contribution in [0.1, 0.15) is 26.2 Å². The minimum absolute atomic E-state index is 0.0263. The van der Waals surface area contributed by atoms with Gasteiger partial charge in [0.05, 0.1) is 6.04 Å². The Morgan fingerprint density at radius 2 is 2.09 bits per heavy atom. The largest absolute Gasteiger partial charge is 0.347 e. The van der Waals surface area contributed by atoms with Crippen molar-refractivity contribution in [2.45, 2.75) is 32.2 Å². The molecule has 1 atom stereocenters. The number of carbonyl (C=O) groups is 1. The zero-order chi connectivity index (χ0) is 8.85. The molecule has 1 amide bonds. The lowest BCUT2D eigenvalue weighted by molar-refractivity contribution is -0.130. The zero-order valence-corrected chi connectivity index (χ0v) is 7.63. The van der Waals surface area contributed by atoms with Crippen LogP contribution in [0.15, 0.2) is 0 Å². The van der Waals surface area contributed by atoms with Gasteiger partial charge in [0.15, 0.2) is 0 Å². The molecule has 0 aromatic carbocycles. The van der Waals surface area contributed by atoms with Crippen LogP contribution in [-0.2, 0) is 4.79 Å². The van der Waals surface area contributed by atoms with Crippen LogP contribution in [0, 0.1) is 0 Å². The van der Waals surface area contributed by atoms with Crippen LogP contribution in [0.2, 0.25) is 0 Å². The summed E-state index contributed by atoms with van der Waals surface area (Å²) in [6.45, 7) is 2.09. The summed E-state index contributed by atoms with van der Waals surface area (Å²) in [7, 11) is 3.46. The Morgan fingerprint density at radius 3 is 2.45 bits per heavy atom. The van der Waals surface area contributed by atoms with E-state index >= 15 is 0 Å². The van der Waals surface area contributed by atoms with Crippen molar-refractivity contribution in [3.8, 4) is 0 Å². The molecule has 0 spiro atoms. The van der Waals surface area contributed by atoms with Gasteiger partial charge in [-0.3, -0.25) is 4.79 Å². The Labute approximate surface area is 68.6 Å². The predicted molar refractivity (Wildman–Crippen MR) is 46.2 cm³/mol. The average Bonchev–Trinajstić information content (AvgIpc) is 1.98. The molecule has 0 aliphatic rings. The number of amides is 1. The number of likely N-dealkylation sites (N-methyl/N-ethyl adjacent to an activating group) is 1. The molecule has 66 valence electrons. The predicted octanol–water partition coefficient (Wildman–Crippen LogP) is 0.592. The van der Waals surface area contributed by atoms with E-state index in [1.165, 1.54) is 0 Å². The average molecular weight is 158 g/mol. The number of nitrogens with two attached hydrogens (primary N) is 1. The van der Waals surface area contributed by atoms with Gasteiger partial charge in [-0.25, -0.2) is 0 Å². The van der Waals surface area contributed by atoms with Gasteiger partial charge >= 0.3 is 0 Å². The van der Waals surface area contributed by atoms with Crippen molar-refractivity contribution in [3.63, 3.8) is 0 Å². The standard InChI is InChI=1S/C8H18N2O/c1-4-5-6-7(9)8(11)10(2)3/h7H,4-6,9H2,1-3H3. The number of carbonyl (C=O) groups excluding carboxylic acids is 1. The minimum atomic E-state index is -0.301. The van der Waals surface area contributed by atoms with Crippen molar-refractivity contribution in [2.75, 3.05) is 14.1 Å². The lowest BCUT2D eigenvalue weighted by Crippen LogP contribution is -2.39. The minimum Gasteiger partial charge on any atom is -0.347 e. The van der Waals surface area contributed by atoms with E-state index in [1.807, 2.05) is 0 Å². The summed E-state index contributed by atoms with van der Waals surface area (Å²) in [4.78, 5) is 12.7. The number of nitrogens with zero attached hydrogens (tertiary/aromatic N) is 1. The number of rotatable bonds is 4. The van der Waals surface area contributed by atoms with Gasteiger partial charge in [-0.1, -0.05) is 19.8 Å². The summed E-state index contributed by atoms with van der Waals surface area (Å²) in [6, 6.07) is -0.301. The van der Waals surface area contributed by atoms with E-state index in [0.29, 0.717) is 0 Å². The Hall–Kier alpha value is -0.570. The maximum Gasteiger partial charge on any atom is 0.238 e. The molecule has 0 aliphatic carbocycles. The molecule has 0 saturated carbocycles. The maximum atomic E-state index is 11.1. The second kappa shape index (κ2) is 5.13. The second-order valence-corrected chi connectivity index (χ2v) is 2.98. The second-order valence-electron chi connectivity index (χ2n) is 2.98. The smallest absolute Gasteiger partial charge is 0.238 e. The molecule has 0 rings (SSSR count). The van der Waals surface area contributed by atoms with Crippen molar-refractivity contribution in [3.05, 3.63) is 0 Å². The third kappa shape index (κ3) is 3.98. The fourth-order valence-corrected chi connectivity index (χ4v) is 0.879. The molecule has 0 aromatic rings. The molecule has 0 radical (unpaired) electrons. The van der Waals surface area contributed by atoms with Gasteiger partial charge in [-0.05, 0) is 6.42 Å². The van der Waals surface area contributed by atoms with Gasteiger partial charge in [0.25, 0.3) is 0 Å². The van der Waals surface area contributed by atoms with Crippen LogP contribution >= 0.6 is 0 Å². The van der Waals surface area contributed by atoms with Gasteiger partial charge in [-0.2, -0.15) is 0 Å². The topological polar surface area (TPSA) is 46.3 Å². The van der Waals surface area contributed by atoms with Gasteiger partial charge in [-0.15, -0.1) is 0 Å². The first kappa shape index (κ1) is 10.4. The zero-order valence-electron chi connectivity index (χ0n) is 7.63. The van der Waals surface area contributed by atoms with Gasteiger partial charge in [0, 0.05) is 14.1 Å². The highest BCUT2D eigenvalue weighted by atomic mass is 16.2. The van der Waals surface area contributed by atoms with Crippen molar-refractivity contribution < 1.29 is 4.79 Å². The molecular weight excluding hydrogens is 140 g/mol. The normalized spacial score (nSPS) is 12.7. The highest BCUT2D eigenvalue weighted by Crippen LogP contribution is 1.99. The number of hydrogen-bond acceptors (Lipinski definition) is 2. The Balaban J connectivity index is 3.64. The summed E-state index contributed by atoms with van der Waals surface area (Å²) in [5.41, 5.74) is 5.61. The van der Waals surface area contributed by atoms with E-state index in [2.05, 4.69) is 6.92 Å². The fourth-order valence-electron chi connectivity index (χ4n) is 0.879. The molecule has 3 heteroatoms. The first-order valence-corrected chi connectivity index (χ1v) is 4.06. The van der Waals surface area contributed by atoms with Crippen molar-refractivity contribution in [1.29, 1.82) is 0 Å². The molecule has 3 nitrogen and oxygen atoms in total. The van der Waals surface area contributed by atoms with Gasteiger partial charge < -0.3 is 10.6 Å². The van der Waals surface area contributed by atoms with Crippen LogP contribution in [0.4, 0.5) is 0 Å². The van der Waals surface area contributed by atoms with Crippen molar-refractivity contribution >= 4 is 5.91 Å². The first-order valence-electron chi connectivity index (χ1n) is 4.06. The van der Waals surface area contributed by atoms with Gasteiger partial charge in [0.1, 0.15) is 0 Å². The summed E-state index contributed by atoms with van der Waals surface area (Å²) in [5, 5.41) is 0. The van der Waals surface area contributed by atoms with Gasteiger partial charge in [0.2, 0.25) is 5.91 Å². The van der Waals surface area contributed by atoms with E-state index < -0.39 is 0 Å². The van der Waals surface area contributed by atoms with Crippen LogP contribution < -0.4 is 5.73 Å². The van der Waals surface area contributed by atoms with Crippen LogP contribution in [0.25, 0.3) is 0 Å². The Bertz CT molecular complexity index is 123. The van der Waals surface area contributed by atoms with E-state index in [-0.39, 0.29) is 11.9 Å². The SMILES string of the molecule is CCCCC(N)C(=O)N(C)C. The highest BCUT2D eigenvalue weighted by Gasteiger charge is 2.13. The van der Waals surface area contributed by atoms with E-state index in [1.54, 1.807) is 19.0 Å². The summed E-state index contributed by atoms with van der Waals surface area (Å²) >= 11 is 0. The number of hydrogen-bond donors (Lipinski definition) is 1. The Kier molecular flexibility index (Phi) is 4.86. The van der Waals surface area contributed by atoms with Crippen molar-refractivity contribution in [1.82, 2.24) is 4.90 Å². The molecule has 1 unspecified atom stereocenters. The van der Waals surface area contributed by atoms with Crippen LogP contribution in [-0.4, -0.2) is 30.9 Å². The molecule has 0 fully saturated rings. The lowest BCUT2D eigenvalue weighted by atomic mass is 10.1. The lowest BCUT2D eigenvalue weighted by Gasteiger charge is -2.15. The van der Waals surface area contributed by atoms with Crippen LogP contribution in [0.3, 0.4) is 0 Å². The molecule has 2 N–H and O–H groups in total. The summed E-state index contributed by atoms with van der Waals surface area (Å²) in [6.07, 6.45) is 2.92. The van der Waals surface area contributed by atoms with E-state index in [4.69, 9.17) is 5.73 Å². The maximum absolute atomic E-state index is 11.1. The molecule has 0 bridgehead atoms. The monoisotopic (exact) mass is 158 g/mol. The third-order valence-electron chi connectivity index (χ3n) is 1.63. The Morgan fingerprint density at radius 1 is 1.55 bits per heavy atom. The third-order valence-corrected chi connectivity index (χ3v) is 1.63. The first-order chi connectivity index (χ1) is 5.09. The molecule has 0 heterocycles. The summed E-state index contributed by atoms with van der Waals surface area (Å²) < 4.78 is 0. The number of unbranched alkanes of at least 4 members (excludes halogenated alkanes) is 1.